The predicted octanol–water partition coefficient (Wildman–Crippen LogP) is 4.06. The Kier molecular flexibility index (Phi) is 6.96. The van der Waals surface area contributed by atoms with Crippen LogP contribution in [0.2, 0.25) is 0 Å². The lowest BCUT2D eigenvalue weighted by atomic mass is 9.98. The van der Waals surface area contributed by atoms with Crippen molar-refractivity contribution < 1.29 is 24.2 Å². The van der Waals surface area contributed by atoms with Crippen LogP contribution in [0.1, 0.15) is 56.1 Å². The smallest absolute Gasteiger partial charge is 0.407 e. The number of fused-ring (bicyclic) bond motifs is 3. The van der Waals surface area contributed by atoms with E-state index in [-0.39, 0.29) is 36.8 Å². The standard InChI is InChI=1S/C26H30N2O5/c1-2-22(25(30)31)27-24(29)14-16-8-7-13-23(16)28-26(32)33-15-21-19-11-5-3-9-17(19)18-10-4-6-12-20(18)21/h3-6,9-12,16,21-23H,2,7-8,13-15H2,1H3,(H,27,29)(H,28,32)(H,30,31)/t16-,22-,23+/m0/s1. The molecule has 1 saturated carbocycles. The van der Waals surface area contributed by atoms with Crippen LogP contribution in [0.3, 0.4) is 0 Å². The summed E-state index contributed by atoms with van der Waals surface area (Å²) in [6.45, 7) is 1.96. The molecular formula is C26H30N2O5. The molecular weight excluding hydrogens is 420 g/mol. The number of carboxylic acids is 1. The topological polar surface area (TPSA) is 105 Å². The highest BCUT2D eigenvalue weighted by Gasteiger charge is 2.33. The first kappa shape index (κ1) is 22.8. The van der Waals surface area contributed by atoms with Crippen molar-refractivity contribution in [3.8, 4) is 11.1 Å². The van der Waals surface area contributed by atoms with Crippen molar-refractivity contribution >= 4 is 18.0 Å². The van der Waals surface area contributed by atoms with Gasteiger partial charge in [-0.3, -0.25) is 4.79 Å². The van der Waals surface area contributed by atoms with Crippen LogP contribution in [-0.2, 0) is 14.3 Å². The third-order valence-electron chi connectivity index (χ3n) is 6.80. The first-order valence-electron chi connectivity index (χ1n) is 11.6. The largest absolute Gasteiger partial charge is 0.480 e. The summed E-state index contributed by atoms with van der Waals surface area (Å²) in [5, 5.41) is 14.6. The average Bonchev–Trinajstić information content (AvgIpc) is 3.37. The van der Waals surface area contributed by atoms with Gasteiger partial charge in [0.05, 0.1) is 0 Å². The van der Waals surface area contributed by atoms with Crippen LogP contribution >= 0.6 is 0 Å². The lowest BCUT2D eigenvalue weighted by molar-refractivity contribution is -0.142. The van der Waals surface area contributed by atoms with Gasteiger partial charge < -0.3 is 20.5 Å². The van der Waals surface area contributed by atoms with Gasteiger partial charge in [-0.05, 0) is 47.4 Å². The molecule has 4 rings (SSSR count). The number of benzene rings is 2. The van der Waals surface area contributed by atoms with E-state index in [0.717, 1.165) is 30.4 Å². The summed E-state index contributed by atoms with van der Waals surface area (Å²) >= 11 is 0. The highest BCUT2D eigenvalue weighted by Crippen LogP contribution is 2.44. The molecule has 2 aliphatic carbocycles. The minimum absolute atomic E-state index is 0.00435. The number of carboxylic acid groups (broad SMARTS) is 1. The first-order chi connectivity index (χ1) is 16.0. The van der Waals surface area contributed by atoms with Gasteiger partial charge in [0.2, 0.25) is 5.91 Å². The zero-order valence-electron chi connectivity index (χ0n) is 18.8. The number of carbonyl (C=O) groups is 3. The second kappa shape index (κ2) is 10.1. The molecule has 0 bridgehead atoms. The fourth-order valence-corrected chi connectivity index (χ4v) is 5.09. The highest BCUT2D eigenvalue weighted by atomic mass is 16.5. The number of nitrogens with one attached hydrogen (secondary N) is 2. The summed E-state index contributed by atoms with van der Waals surface area (Å²) in [6, 6.07) is 15.3. The van der Waals surface area contributed by atoms with Gasteiger partial charge in [0, 0.05) is 18.4 Å². The van der Waals surface area contributed by atoms with Gasteiger partial charge in [-0.1, -0.05) is 61.9 Å². The zero-order chi connectivity index (χ0) is 23.4. The molecule has 1 fully saturated rings. The molecule has 0 aliphatic heterocycles. The van der Waals surface area contributed by atoms with E-state index in [2.05, 4.69) is 34.9 Å². The summed E-state index contributed by atoms with van der Waals surface area (Å²) < 4.78 is 5.64. The van der Waals surface area contributed by atoms with Gasteiger partial charge in [-0.25, -0.2) is 9.59 Å². The summed E-state index contributed by atoms with van der Waals surface area (Å²) in [7, 11) is 0. The van der Waals surface area contributed by atoms with Crippen molar-refractivity contribution in [1.82, 2.24) is 10.6 Å². The van der Waals surface area contributed by atoms with Crippen LogP contribution in [0.5, 0.6) is 0 Å². The number of amides is 2. The lowest BCUT2D eigenvalue weighted by Gasteiger charge is -2.22. The molecule has 3 atom stereocenters. The Balaban J connectivity index is 1.33. The maximum Gasteiger partial charge on any atom is 0.407 e. The average molecular weight is 451 g/mol. The molecule has 0 spiro atoms. The Bertz CT molecular complexity index is 991. The minimum atomic E-state index is -1.04. The number of hydrogen-bond acceptors (Lipinski definition) is 4. The van der Waals surface area contributed by atoms with Gasteiger partial charge in [0.15, 0.2) is 0 Å². The van der Waals surface area contributed by atoms with Crippen LogP contribution in [-0.4, -0.2) is 41.8 Å². The van der Waals surface area contributed by atoms with Crippen molar-refractivity contribution in [2.75, 3.05) is 6.61 Å². The lowest BCUT2D eigenvalue weighted by Crippen LogP contribution is -2.43. The van der Waals surface area contributed by atoms with E-state index in [0.29, 0.717) is 6.42 Å². The molecule has 7 nitrogen and oxygen atoms in total. The number of alkyl carbamates (subject to hydrolysis) is 1. The third kappa shape index (κ3) is 5.02. The van der Waals surface area contributed by atoms with Crippen LogP contribution < -0.4 is 10.6 Å². The molecule has 3 N–H and O–H groups in total. The van der Waals surface area contributed by atoms with E-state index >= 15 is 0 Å². The summed E-state index contributed by atoms with van der Waals surface area (Å²) in [4.78, 5) is 36.1. The molecule has 0 radical (unpaired) electrons. The van der Waals surface area contributed by atoms with Crippen LogP contribution in [0.15, 0.2) is 48.5 Å². The fourth-order valence-electron chi connectivity index (χ4n) is 5.09. The van der Waals surface area contributed by atoms with E-state index in [1.165, 1.54) is 11.1 Å². The van der Waals surface area contributed by atoms with Gasteiger partial charge in [0.1, 0.15) is 12.6 Å². The Labute approximate surface area is 193 Å². The normalized spacial score (nSPS) is 19.9. The molecule has 0 saturated heterocycles. The summed E-state index contributed by atoms with van der Waals surface area (Å²) in [5.74, 6) is -1.37. The molecule has 0 aromatic heterocycles. The Morgan fingerprint density at radius 3 is 2.27 bits per heavy atom. The monoisotopic (exact) mass is 450 g/mol. The van der Waals surface area contributed by atoms with Crippen LogP contribution in [0, 0.1) is 5.92 Å². The molecule has 0 heterocycles. The Hall–Kier alpha value is -3.35. The van der Waals surface area contributed by atoms with Crippen molar-refractivity contribution in [3.05, 3.63) is 59.7 Å². The van der Waals surface area contributed by atoms with Crippen LogP contribution in [0.25, 0.3) is 11.1 Å². The summed E-state index contributed by atoms with van der Waals surface area (Å²) in [6.07, 6.45) is 2.53. The van der Waals surface area contributed by atoms with E-state index in [1.54, 1.807) is 6.92 Å². The Morgan fingerprint density at radius 1 is 1.03 bits per heavy atom. The van der Waals surface area contributed by atoms with Crippen molar-refractivity contribution in [2.45, 2.75) is 57.0 Å². The quantitative estimate of drug-likeness (QED) is 0.563. The van der Waals surface area contributed by atoms with E-state index in [1.807, 2.05) is 24.3 Å². The summed E-state index contributed by atoms with van der Waals surface area (Å²) in [5.41, 5.74) is 4.67. The fraction of sp³-hybridized carbons (Fsp3) is 0.423. The SMILES string of the molecule is CC[C@H](NC(=O)C[C@@H]1CCC[C@H]1NC(=O)OCC1c2ccccc2-c2ccccc21)C(=O)O. The molecule has 174 valence electrons. The number of carbonyl (C=O) groups excluding carboxylic acids is 2. The van der Waals surface area contributed by atoms with Crippen molar-refractivity contribution in [3.63, 3.8) is 0 Å². The van der Waals surface area contributed by atoms with Gasteiger partial charge in [0.25, 0.3) is 0 Å². The molecule has 0 unspecified atom stereocenters. The van der Waals surface area contributed by atoms with Gasteiger partial charge >= 0.3 is 12.1 Å². The van der Waals surface area contributed by atoms with Crippen molar-refractivity contribution in [2.24, 2.45) is 5.92 Å². The molecule has 2 aliphatic rings. The number of ether oxygens (including phenoxy) is 1. The van der Waals surface area contributed by atoms with Gasteiger partial charge in [-0.2, -0.15) is 0 Å². The van der Waals surface area contributed by atoms with Crippen LogP contribution in [0.4, 0.5) is 4.79 Å². The Morgan fingerprint density at radius 2 is 1.67 bits per heavy atom. The number of hydrogen-bond donors (Lipinski definition) is 3. The minimum Gasteiger partial charge on any atom is -0.480 e. The maximum atomic E-state index is 12.6. The van der Waals surface area contributed by atoms with E-state index < -0.39 is 18.1 Å². The predicted molar refractivity (Wildman–Crippen MR) is 124 cm³/mol. The first-order valence-corrected chi connectivity index (χ1v) is 11.6. The molecule has 2 aromatic carbocycles. The zero-order valence-corrected chi connectivity index (χ0v) is 18.8. The van der Waals surface area contributed by atoms with Gasteiger partial charge in [-0.15, -0.1) is 0 Å². The number of rotatable bonds is 8. The molecule has 2 aromatic rings. The second-order valence-electron chi connectivity index (χ2n) is 8.84. The van der Waals surface area contributed by atoms with E-state index in [9.17, 15) is 14.4 Å². The third-order valence-corrected chi connectivity index (χ3v) is 6.80. The molecule has 2 amide bonds. The molecule has 33 heavy (non-hydrogen) atoms. The maximum absolute atomic E-state index is 12.6. The van der Waals surface area contributed by atoms with Crippen molar-refractivity contribution in [1.29, 1.82) is 0 Å². The number of aliphatic carboxylic acids is 1. The van der Waals surface area contributed by atoms with E-state index in [4.69, 9.17) is 9.84 Å². The highest BCUT2D eigenvalue weighted by molar-refractivity contribution is 5.83. The molecule has 7 heteroatoms. The second-order valence-corrected chi connectivity index (χ2v) is 8.84.